The van der Waals surface area contributed by atoms with Gasteiger partial charge in [-0.1, -0.05) is 25.4 Å². The summed E-state index contributed by atoms with van der Waals surface area (Å²) in [5.41, 5.74) is 1.10. The number of rotatable bonds is 6. The van der Waals surface area contributed by atoms with Crippen molar-refractivity contribution in [3.63, 3.8) is 0 Å². The first kappa shape index (κ1) is 15.3. The van der Waals surface area contributed by atoms with Gasteiger partial charge in [-0.05, 0) is 31.0 Å². The lowest BCUT2D eigenvalue weighted by atomic mass is 10.2. The van der Waals surface area contributed by atoms with E-state index in [1.54, 1.807) is 18.2 Å². The van der Waals surface area contributed by atoms with Crippen LogP contribution >= 0.6 is 11.6 Å². The molecule has 5 heteroatoms. The first-order valence-corrected chi connectivity index (χ1v) is 6.71. The summed E-state index contributed by atoms with van der Waals surface area (Å²) in [6.07, 6.45) is 1.82. The van der Waals surface area contributed by atoms with Crippen molar-refractivity contribution in [1.29, 1.82) is 5.26 Å². The van der Waals surface area contributed by atoms with Gasteiger partial charge in [-0.25, -0.2) is 0 Å². The summed E-state index contributed by atoms with van der Waals surface area (Å²) < 4.78 is 0. The number of hydrogen-bond donors (Lipinski definition) is 2. The predicted molar refractivity (Wildman–Crippen MR) is 77.2 cm³/mol. The van der Waals surface area contributed by atoms with Crippen molar-refractivity contribution in [3.05, 3.63) is 28.8 Å². The van der Waals surface area contributed by atoms with Gasteiger partial charge in [-0.2, -0.15) is 5.26 Å². The molecule has 0 atom stereocenters. The highest BCUT2D eigenvalue weighted by Gasteiger charge is 2.09. The van der Waals surface area contributed by atoms with Gasteiger partial charge in [0.2, 0.25) is 5.91 Å². The second-order valence-corrected chi connectivity index (χ2v) is 4.65. The number of carbonyl (C=O) groups excluding carboxylic acids is 1. The minimum atomic E-state index is -0.0767. The Kier molecular flexibility index (Phi) is 6.17. The van der Waals surface area contributed by atoms with Crippen LogP contribution in [0.5, 0.6) is 0 Å². The van der Waals surface area contributed by atoms with E-state index < -0.39 is 0 Å². The van der Waals surface area contributed by atoms with E-state index in [0.717, 1.165) is 12.8 Å². The van der Waals surface area contributed by atoms with Crippen molar-refractivity contribution in [3.8, 4) is 6.07 Å². The van der Waals surface area contributed by atoms with E-state index in [1.807, 2.05) is 19.9 Å². The number of hydrogen-bond acceptors (Lipinski definition) is 3. The molecule has 19 heavy (non-hydrogen) atoms. The Morgan fingerprint density at radius 1 is 1.42 bits per heavy atom. The third-order valence-corrected chi connectivity index (χ3v) is 3.22. The molecule has 0 radical (unpaired) electrons. The van der Waals surface area contributed by atoms with E-state index in [-0.39, 0.29) is 18.5 Å². The van der Waals surface area contributed by atoms with Crippen LogP contribution in [0.15, 0.2) is 18.2 Å². The number of carbonyl (C=O) groups is 1. The fourth-order valence-electron chi connectivity index (χ4n) is 1.68. The Labute approximate surface area is 118 Å². The Morgan fingerprint density at radius 3 is 2.68 bits per heavy atom. The van der Waals surface area contributed by atoms with Gasteiger partial charge in [-0.3, -0.25) is 4.79 Å². The summed E-state index contributed by atoms with van der Waals surface area (Å²) >= 11 is 5.99. The Balaban J connectivity index is 2.57. The van der Waals surface area contributed by atoms with E-state index in [4.69, 9.17) is 16.9 Å². The zero-order valence-electron chi connectivity index (χ0n) is 11.2. The molecule has 0 aliphatic heterocycles. The van der Waals surface area contributed by atoms with Crippen LogP contribution in [0.3, 0.4) is 0 Å². The molecule has 0 aromatic heterocycles. The van der Waals surface area contributed by atoms with Gasteiger partial charge in [0.1, 0.15) is 0 Å². The van der Waals surface area contributed by atoms with Gasteiger partial charge in [0.15, 0.2) is 0 Å². The fourth-order valence-corrected chi connectivity index (χ4v) is 1.86. The van der Waals surface area contributed by atoms with Crippen molar-refractivity contribution < 1.29 is 4.79 Å². The van der Waals surface area contributed by atoms with Crippen LogP contribution in [0, 0.1) is 11.3 Å². The normalized spacial score (nSPS) is 10.1. The number of nitrogens with zero attached hydrogens (tertiary/aromatic N) is 1. The summed E-state index contributed by atoms with van der Waals surface area (Å²) in [4.78, 5) is 11.7. The molecule has 0 heterocycles. The molecule has 1 amide bonds. The average molecular weight is 280 g/mol. The number of benzene rings is 1. The number of anilines is 1. The van der Waals surface area contributed by atoms with Crippen molar-refractivity contribution >= 4 is 23.2 Å². The molecular weight excluding hydrogens is 262 g/mol. The molecule has 0 unspecified atom stereocenters. The summed E-state index contributed by atoms with van der Waals surface area (Å²) in [5, 5.41) is 15.2. The first-order valence-electron chi connectivity index (χ1n) is 6.33. The summed E-state index contributed by atoms with van der Waals surface area (Å²) in [6, 6.07) is 7.15. The lowest BCUT2D eigenvalue weighted by Gasteiger charge is -2.15. The van der Waals surface area contributed by atoms with Gasteiger partial charge < -0.3 is 10.6 Å². The zero-order valence-corrected chi connectivity index (χ0v) is 11.9. The highest BCUT2D eigenvalue weighted by Crippen LogP contribution is 2.22. The third kappa shape index (κ3) is 4.80. The smallest absolute Gasteiger partial charge is 0.239 e. The van der Waals surface area contributed by atoms with Crippen LogP contribution in [-0.2, 0) is 4.79 Å². The largest absolute Gasteiger partial charge is 0.375 e. The van der Waals surface area contributed by atoms with Crippen LogP contribution in [0.4, 0.5) is 5.69 Å². The van der Waals surface area contributed by atoms with E-state index in [9.17, 15) is 4.79 Å². The maximum absolute atomic E-state index is 11.7. The van der Waals surface area contributed by atoms with Crippen molar-refractivity contribution in [2.45, 2.75) is 32.7 Å². The number of halogens is 1. The molecule has 0 fully saturated rings. The van der Waals surface area contributed by atoms with E-state index >= 15 is 0 Å². The second-order valence-electron chi connectivity index (χ2n) is 4.24. The summed E-state index contributed by atoms with van der Waals surface area (Å²) in [5.74, 6) is -0.0767. The minimum absolute atomic E-state index is 0.0767. The monoisotopic (exact) mass is 279 g/mol. The number of amides is 1. The molecule has 0 bridgehead atoms. The standard InChI is InChI=1S/C14H18ClN3O/c1-3-11(4-2)18-14(19)9-17-13-7-10(8-16)5-6-12(13)15/h5-7,11,17H,3-4,9H2,1-2H3,(H,18,19). The Bertz CT molecular complexity index is 478. The maximum atomic E-state index is 11.7. The zero-order chi connectivity index (χ0) is 14.3. The van der Waals surface area contributed by atoms with Crippen LogP contribution in [-0.4, -0.2) is 18.5 Å². The highest BCUT2D eigenvalue weighted by atomic mass is 35.5. The predicted octanol–water partition coefficient (Wildman–Crippen LogP) is 2.93. The molecular formula is C14H18ClN3O. The quantitative estimate of drug-likeness (QED) is 0.841. The molecule has 1 aromatic rings. The molecule has 0 aliphatic carbocycles. The molecule has 102 valence electrons. The third-order valence-electron chi connectivity index (χ3n) is 2.89. The van der Waals surface area contributed by atoms with Gasteiger partial charge in [0.05, 0.1) is 28.9 Å². The molecule has 0 saturated heterocycles. The Morgan fingerprint density at radius 2 is 2.11 bits per heavy atom. The molecule has 1 rings (SSSR count). The molecule has 0 spiro atoms. The SMILES string of the molecule is CCC(CC)NC(=O)CNc1cc(C#N)ccc1Cl. The minimum Gasteiger partial charge on any atom is -0.375 e. The highest BCUT2D eigenvalue weighted by molar-refractivity contribution is 6.33. The van der Waals surface area contributed by atoms with Crippen molar-refractivity contribution in [2.24, 2.45) is 0 Å². The Hall–Kier alpha value is -1.73. The van der Waals surface area contributed by atoms with E-state index in [2.05, 4.69) is 10.6 Å². The first-order chi connectivity index (χ1) is 9.10. The van der Waals surface area contributed by atoms with Crippen LogP contribution in [0.1, 0.15) is 32.3 Å². The maximum Gasteiger partial charge on any atom is 0.239 e. The molecule has 4 nitrogen and oxygen atoms in total. The van der Waals surface area contributed by atoms with E-state index in [1.165, 1.54) is 0 Å². The number of nitriles is 1. The van der Waals surface area contributed by atoms with Crippen LogP contribution in [0.2, 0.25) is 5.02 Å². The summed E-state index contributed by atoms with van der Waals surface area (Å²) in [7, 11) is 0. The number of nitrogens with one attached hydrogen (secondary N) is 2. The van der Waals surface area contributed by atoms with Gasteiger partial charge in [0, 0.05) is 6.04 Å². The molecule has 0 saturated carbocycles. The fraction of sp³-hybridized carbons (Fsp3) is 0.429. The average Bonchev–Trinajstić information content (AvgIpc) is 2.43. The van der Waals surface area contributed by atoms with Gasteiger partial charge in [0.25, 0.3) is 0 Å². The topological polar surface area (TPSA) is 64.9 Å². The van der Waals surface area contributed by atoms with Crippen LogP contribution in [0.25, 0.3) is 0 Å². The van der Waals surface area contributed by atoms with E-state index in [0.29, 0.717) is 16.3 Å². The van der Waals surface area contributed by atoms with Gasteiger partial charge in [-0.15, -0.1) is 0 Å². The molecule has 1 aromatic carbocycles. The summed E-state index contributed by atoms with van der Waals surface area (Å²) in [6.45, 7) is 4.22. The van der Waals surface area contributed by atoms with Crippen LogP contribution < -0.4 is 10.6 Å². The molecule has 2 N–H and O–H groups in total. The van der Waals surface area contributed by atoms with Gasteiger partial charge >= 0.3 is 0 Å². The lowest BCUT2D eigenvalue weighted by molar-refractivity contribution is -0.120. The lowest BCUT2D eigenvalue weighted by Crippen LogP contribution is -2.37. The second kappa shape index (κ2) is 7.65. The van der Waals surface area contributed by atoms with Crippen molar-refractivity contribution in [2.75, 3.05) is 11.9 Å². The molecule has 0 aliphatic rings. The van der Waals surface area contributed by atoms with Crippen molar-refractivity contribution in [1.82, 2.24) is 5.32 Å².